The van der Waals surface area contributed by atoms with Crippen LogP contribution in [0.2, 0.25) is 0 Å². The van der Waals surface area contributed by atoms with E-state index in [1.807, 2.05) is 0 Å². The normalized spacial score (nSPS) is 12.6. The summed E-state index contributed by atoms with van der Waals surface area (Å²) < 4.78 is 55.4. The van der Waals surface area contributed by atoms with Crippen LogP contribution in [0.4, 0.5) is 18.0 Å². The summed E-state index contributed by atoms with van der Waals surface area (Å²) in [7, 11) is -6.06. The summed E-state index contributed by atoms with van der Waals surface area (Å²) >= 11 is 0. The molecule has 0 rings (SSSR count). The average molecular weight is 193 g/mol. The zero-order valence-corrected chi connectivity index (χ0v) is 5.40. The van der Waals surface area contributed by atoms with Crippen molar-refractivity contribution in [3.63, 3.8) is 0 Å². The third-order valence-electron chi connectivity index (χ3n) is 0.461. The Morgan fingerprint density at radius 1 is 1.36 bits per heavy atom. The van der Waals surface area contributed by atoms with E-state index in [9.17, 15) is 31.5 Å². The molecule has 11 heavy (non-hydrogen) atoms. The van der Waals surface area contributed by atoms with Crippen molar-refractivity contribution >= 4 is 16.3 Å². The standard InChI is InChI=1S/C2HF3O5S/c3-2(4,5)11(8,9)10-1(6)7/h(H,6,7)/p-1. The lowest BCUT2D eigenvalue weighted by Gasteiger charge is -2.10. The fraction of sp³-hybridized carbons (Fsp3) is 0.500. The van der Waals surface area contributed by atoms with Gasteiger partial charge in [0.25, 0.3) is 6.16 Å². The zero-order valence-electron chi connectivity index (χ0n) is 4.58. The van der Waals surface area contributed by atoms with Crippen molar-refractivity contribution in [3.05, 3.63) is 0 Å². The summed E-state index contributed by atoms with van der Waals surface area (Å²) in [5.41, 5.74) is -5.74. The lowest BCUT2D eigenvalue weighted by Crippen LogP contribution is -2.33. The van der Waals surface area contributed by atoms with Crippen LogP contribution in [-0.2, 0) is 14.3 Å². The molecular weight excluding hydrogens is 193 g/mol. The van der Waals surface area contributed by atoms with Crippen molar-refractivity contribution in [2.24, 2.45) is 0 Å². The highest BCUT2D eigenvalue weighted by molar-refractivity contribution is 7.88. The second-order valence-corrected chi connectivity index (χ2v) is 2.77. The molecule has 0 aromatic heterocycles. The van der Waals surface area contributed by atoms with Crippen LogP contribution < -0.4 is 5.11 Å². The molecule has 0 aliphatic carbocycles. The van der Waals surface area contributed by atoms with E-state index in [1.165, 1.54) is 0 Å². The Bertz CT molecular complexity index is 249. The van der Waals surface area contributed by atoms with Gasteiger partial charge in [-0.15, -0.1) is 0 Å². The van der Waals surface area contributed by atoms with Crippen LogP contribution >= 0.6 is 0 Å². The first-order chi connectivity index (χ1) is 4.67. The van der Waals surface area contributed by atoms with E-state index in [0.29, 0.717) is 0 Å². The first kappa shape index (κ1) is 10.0. The molecule has 0 bridgehead atoms. The Labute approximate surface area is 58.5 Å². The summed E-state index contributed by atoms with van der Waals surface area (Å²) in [5, 5.41) is 9.25. The smallest absolute Gasteiger partial charge is 0.431 e. The Kier molecular flexibility index (Phi) is 2.33. The van der Waals surface area contributed by atoms with Crippen LogP contribution in [0.25, 0.3) is 0 Å². The average Bonchev–Trinajstić information content (AvgIpc) is 1.56. The van der Waals surface area contributed by atoms with Gasteiger partial charge in [-0.1, -0.05) is 0 Å². The summed E-state index contributed by atoms with van der Waals surface area (Å²) in [4.78, 5) is 9.25. The van der Waals surface area contributed by atoms with Gasteiger partial charge < -0.3 is 14.1 Å². The minimum absolute atomic E-state index is 2.45. The molecule has 0 fully saturated rings. The van der Waals surface area contributed by atoms with Crippen LogP contribution in [0.1, 0.15) is 0 Å². The molecule has 0 aromatic rings. The van der Waals surface area contributed by atoms with Gasteiger partial charge in [-0.25, -0.2) is 0 Å². The maximum Gasteiger partial charge on any atom is 0.517 e. The van der Waals surface area contributed by atoms with Crippen molar-refractivity contribution < 1.29 is 35.7 Å². The fourth-order valence-corrected chi connectivity index (χ4v) is 0.410. The van der Waals surface area contributed by atoms with Crippen LogP contribution in [0.15, 0.2) is 0 Å². The molecule has 5 nitrogen and oxygen atoms in total. The third-order valence-corrected chi connectivity index (χ3v) is 1.38. The molecule has 0 aliphatic rings. The van der Waals surface area contributed by atoms with Gasteiger partial charge in [0.1, 0.15) is 0 Å². The van der Waals surface area contributed by atoms with Crippen LogP contribution in [0.3, 0.4) is 0 Å². The highest BCUT2D eigenvalue weighted by Crippen LogP contribution is 2.24. The molecule has 0 unspecified atom stereocenters. The number of hydrogen-bond donors (Lipinski definition) is 0. The van der Waals surface area contributed by atoms with E-state index < -0.39 is 21.8 Å². The van der Waals surface area contributed by atoms with Crippen molar-refractivity contribution in [1.29, 1.82) is 0 Å². The molecule has 66 valence electrons. The number of carbonyl (C=O) groups is 1. The Balaban J connectivity index is 4.64. The van der Waals surface area contributed by atoms with Gasteiger partial charge in [-0.3, -0.25) is 0 Å². The Morgan fingerprint density at radius 2 is 1.73 bits per heavy atom. The van der Waals surface area contributed by atoms with E-state index in [1.54, 1.807) is 0 Å². The van der Waals surface area contributed by atoms with Gasteiger partial charge in [0.15, 0.2) is 0 Å². The second-order valence-electron chi connectivity index (χ2n) is 1.23. The lowest BCUT2D eigenvalue weighted by atomic mass is 11.5. The minimum atomic E-state index is -6.06. The van der Waals surface area contributed by atoms with Crippen molar-refractivity contribution in [1.82, 2.24) is 0 Å². The lowest BCUT2D eigenvalue weighted by molar-refractivity contribution is -0.271. The molecule has 0 atom stereocenters. The summed E-state index contributed by atoms with van der Waals surface area (Å²) in [6, 6.07) is 0. The third kappa shape index (κ3) is 2.62. The molecule has 0 amide bonds. The van der Waals surface area contributed by atoms with Crippen molar-refractivity contribution in [3.8, 4) is 0 Å². The highest BCUT2D eigenvalue weighted by Gasteiger charge is 2.45. The minimum Gasteiger partial charge on any atom is -0.431 e. The number of hydrogen-bond acceptors (Lipinski definition) is 5. The second kappa shape index (κ2) is 2.57. The molecule has 0 aliphatic heterocycles. The van der Waals surface area contributed by atoms with E-state index in [-0.39, 0.29) is 0 Å². The zero-order chi connectivity index (χ0) is 9.28. The highest BCUT2D eigenvalue weighted by atomic mass is 32.2. The molecular formula is C2F3O5S-. The molecule has 0 saturated heterocycles. The van der Waals surface area contributed by atoms with Crippen molar-refractivity contribution in [2.75, 3.05) is 0 Å². The molecule has 0 aromatic carbocycles. The van der Waals surface area contributed by atoms with Gasteiger partial charge in [0, 0.05) is 0 Å². The van der Waals surface area contributed by atoms with Crippen LogP contribution in [0.5, 0.6) is 0 Å². The largest absolute Gasteiger partial charge is 0.517 e. The quantitative estimate of drug-likeness (QED) is 0.402. The maximum absolute atomic E-state index is 11.2. The molecule has 0 N–H and O–H groups in total. The molecule has 0 saturated carbocycles. The first-order valence-corrected chi connectivity index (χ1v) is 3.29. The first-order valence-electron chi connectivity index (χ1n) is 1.88. The predicted molar refractivity (Wildman–Crippen MR) is 21.5 cm³/mol. The maximum atomic E-state index is 11.2. The molecule has 0 radical (unpaired) electrons. The van der Waals surface area contributed by atoms with Crippen LogP contribution in [-0.4, -0.2) is 20.1 Å². The van der Waals surface area contributed by atoms with Gasteiger partial charge >= 0.3 is 15.6 Å². The predicted octanol–water partition coefficient (Wildman–Crippen LogP) is -0.804. The molecule has 0 spiro atoms. The topological polar surface area (TPSA) is 83.5 Å². The Hall–Kier alpha value is -0.990. The molecule has 0 heterocycles. The Morgan fingerprint density at radius 3 is 1.82 bits per heavy atom. The molecule has 9 heteroatoms. The van der Waals surface area contributed by atoms with Gasteiger partial charge in [-0.05, 0) is 0 Å². The van der Waals surface area contributed by atoms with Gasteiger partial charge in [0.05, 0.1) is 0 Å². The van der Waals surface area contributed by atoms with Crippen LogP contribution in [0, 0.1) is 0 Å². The summed E-state index contributed by atoms with van der Waals surface area (Å²) in [6.07, 6.45) is -2.78. The van der Waals surface area contributed by atoms with Crippen molar-refractivity contribution in [2.45, 2.75) is 5.51 Å². The van der Waals surface area contributed by atoms with Gasteiger partial charge in [0.2, 0.25) is 0 Å². The van der Waals surface area contributed by atoms with E-state index in [2.05, 4.69) is 4.18 Å². The summed E-state index contributed by atoms with van der Waals surface area (Å²) in [5.74, 6) is 0. The number of carboxylic acid groups (broad SMARTS) is 1. The fourth-order valence-electron chi connectivity index (χ4n) is 0.137. The van der Waals surface area contributed by atoms with E-state index in [4.69, 9.17) is 0 Å². The number of alkyl halides is 3. The SMILES string of the molecule is O=C([O-])OS(=O)(=O)C(F)(F)F. The van der Waals surface area contributed by atoms with Gasteiger partial charge in [-0.2, -0.15) is 21.6 Å². The summed E-state index contributed by atoms with van der Waals surface area (Å²) in [6.45, 7) is 0. The van der Waals surface area contributed by atoms with E-state index in [0.717, 1.165) is 0 Å². The van der Waals surface area contributed by atoms with E-state index >= 15 is 0 Å². The monoisotopic (exact) mass is 193 g/mol. The number of rotatable bonds is 1. The number of carbonyl (C=O) groups excluding carboxylic acids is 1. The number of halogens is 3.